The molecule has 0 radical (unpaired) electrons. The highest BCUT2D eigenvalue weighted by Crippen LogP contribution is 2.34. The minimum atomic E-state index is -3.71. The van der Waals surface area contributed by atoms with E-state index in [1.807, 2.05) is 6.07 Å². The summed E-state index contributed by atoms with van der Waals surface area (Å²) < 4.78 is 37.3. The van der Waals surface area contributed by atoms with E-state index in [0.717, 1.165) is 0 Å². The summed E-state index contributed by atoms with van der Waals surface area (Å²) in [5.41, 5.74) is 0.778. The second kappa shape index (κ2) is 5.00. The summed E-state index contributed by atoms with van der Waals surface area (Å²) in [6, 6.07) is 12.4. The van der Waals surface area contributed by atoms with Gasteiger partial charge in [-0.3, -0.25) is 4.72 Å². The normalized spacial score (nSPS) is 12.7. The molecule has 7 heteroatoms. The van der Waals surface area contributed by atoms with Crippen molar-refractivity contribution in [1.82, 2.24) is 0 Å². The monoisotopic (exact) mass is 302 g/mol. The van der Waals surface area contributed by atoms with Gasteiger partial charge in [0.05, 0.1) is 22.2 Å². The molecule has 1 N–H and O–H groups in total. The number of nitrogens with one attached hydrogen (secondary N) is 1. The molecule has 0 spiro atoms. The molecule has 0 saturated heterocycles. The number of benzene rings is 2. The third kappa shape index (κ3) is 2.61. The standard InChI is InChI=1S/C14H10N2O4S/c15-8-10-1-4-12(5-2-10)21(17,18)16-11-3-6-13-14(7-11)20-9-19-13/h1-7,16H,9H2. The highest BCUT2D eigenvalue weighted by Gasteiger charge is 2.17. The van der Waals surface area contributed by atoms with Crippen LogP contribution < -0.4 is 14.2 Å². The van der Waals surface area contributed by atoms with Gasteiger partial charge in [-0.05, 0) is 36.4 Å². The number of fused-ring (bicyclic) bond motifs is 1. The van der Waals surface area contributed by atoms with Gasteiger partial charge in [0.2, 0.25) is 6.79 Å². The second-order valence-electron chi connectivity index (χ2n) is 4.31. The van der Waals surface area contributed by atoms with E-state index in [1.165, 1.54) is 24.3 Å². The summed E-state index contributed by atoms with van der Waals surface area (Å²) in [5, 5.41) is 8.72. The lowest BCUT2D eigenvalue weighted by Gasteiger charge is -2.08. The quantitative estimate of drug-likeness (QED) is 0.937. The third-order valence-corrected chi connectivity index (χ3v) is 4.32. The Morgan fingerprint density at radius 3 is 2.48 bits per heavy atom. The number of anilines is 1. The van der Waals surface area contributed by atoms with Gasteiger partial charge >= 0.3 is 0 Å². The molecule has 0 bridgehead atoms. The maximum absolute atomic E-state index is 12.2. The minimum absolute atomic E-state index is 0.0826. The summed E-state index contributed by atoms with van der Waals surface area (Å²) in [5.74, 6) is 1.08. The molecule has 0 aromatic heterocycles. The SMILES string of the molecule is N#Cc1ccc(S(=O)(=O)Nc2ccc3c(c2)OCO3)cc1. The molecular formula is C14H10N2O4S. The van der Waals surface area contributed by atoms with Crippen molar-refractivity contribution in [2.24, 2.45) is 0 Å². The van der Waals surface area contributed by atoms with Crippen LogP contribution in [0.2, 0.25) is 0 Å². The third-order valence-electron chi connectivity index (χ3n) is 2.92. The molecule has 0 amide bonds. The zero-order valence-electron chi connectivity index (χ0n) is 10.7. The smallest absolute Gasteiger partial charge is 0.261 e. The first kappa shape index (κ1) is 13.3. The Hall–Kier alpha value is -2.72. The second-order valence-corrected chi connectivity index (χ2v) is 5.99. The molecule has 106 valence electrons. The average molecular weight is 302 g/mol. The van der Waals surface area contributed by atoms with Crippen LogP contribution in [-0.4, -0.2) is 15.2 Å². The summed E-state index contributed by atoms with van der Waals surface area (Å²) in [7, 11) is -3.71. The van der Waals surface area contributed by atoms with E-state index < -0.39 is 10.0 Å². The Balaban J connectivity index is 1.87. The van der Waals surface area contributed by atoms with Gasteiger partial charge < -0.3 is 9.47 Å². The summed E-state index contributed by atoms with van der Waals surface area (Å²) in [6.45, 7) is 0.126. The van der Waals surface area contributed by atoms with Gasteiger partial charge in [0, 0.05) is 6.07 Å². The summed E-state index contributed by atoms with van der Waals surface area (Å²) in [6.07, 6.45) is 0. The molecular weight excluding hydrogens is 292 g/mol. The van der Waals surface area contributed by atoms with Crippen molar-refractivity contribution in [2.75, 3.05) is 11.5 Å². The van der Waals surface area contributed by atoms with Crippen LogP contribution in [0.1, 0.15) is 5.56 Å². The van der Waals surface area contributed by atoms with Crippen LogP contribution in [-0.2, 0) is 10.0 Å². The number of nitriles is 1. The van der Waals surface area contributed by atoms with Crippen molar-refractivity contribution in [3.63, 3.8) is 0 Å². The van der Waals surface area contributed by atoms with Crippen LogP contribution in [0.5, 0.6) is 11.5 Å². The van der Waals surface area contributed by atoms with Gasteiger partial charge in [-0.2, -0.15) is 5.26 Å². The number of rotatable bonds is 3. The van der Waals surface area contributed by atoms with E-state index in [9.17, 15) is 8.42 Å². The number of nitrogens with zero attached hydrogens (tertiary/aromatic N) is 1. The molecule has 0 aliphatic carbocycles. The van der Waals surface area contributed by atoms with E-state index in [4.69, 9.17) is 14.7 Å². The maximum Gasteiger partial charge on any atom is 0.261 e. The Morgan fingerprint density at radius 2 is 1.76 bits per heavy atom. The summed E-state index contributed by atoms with van der Waals surface area (Å²) >= 11 is 0. The van der Waals surface area contributed by atoms with Gasteiger partial charge in [0.25, 0.3) is 10.0 Å². The lowest BCUT2D eigenvalue weighted by molar-refractivity contribution is 0.174. The molecule has 1 aliphatic heterocycles. The molecule has 6 nitrogen and oxygen atoms in total. The predicted octanol–water partition coefficient (Wildman–Crippen LogP) is 2.09. The Labute approximate surface area is 121 Å². The van der Waals surface area contributed by atoms with Gasteiger partial charge in [0.1, 0.15) is 0 Å². The number of sulfonamides is 1. The highest BCUT2D eigenvalue weighted by atomic mass is 32.2. The first-order valence-corrected chi connectivity index (χ1v) is 7.49. The van der Waals surface area contributed by atoms with Crippen molar-refractivity contribution >= 4 is 15.7 Å². The lowest BCUT2D eigenvalue weighted by atomic mass is 10.2. The fraction of sp³-hybridized carbons (Fsp3) is 0.0714. The van der Waals surface area contributed by atoms with Crippen LogP contribution >= 0.6 is 0 Å². The molecule has 3 rings (SSSR count). The zero-order chi connectivity index (χ0) is 14.9. The highest BCUT2D eigenvalue weighted by molar-refractivity contribution is 7.92. The van der Waals surface area contributed by atoms with Gasteiger partial charge in [-0.15, -0.1) is 0 Å². The molecule has 2 aromatic carbocycles. The topological polar surface area (TPSA) is 88.4 Å². The van der Waals surface area contributed by atoms with Gasteiger partial charge in [-0.25, -0.2) is 8.42 Å². The van der Waals surface area contributed by atoms with Crippen molar-refractivity contribution < 1.29 is 17.9 Å². The van der Waals surface area contributed by atoms with Crippen LogP contribution in [0.25, 0.3) is 0 Å². The van der Waals surface area contributed by atoms with E-state index in [2.05, 4.69) is 4.72 Å². The molecule has 2 aromatic rings. The van der Waals surface area contributed by atoms with Crippen LogP contribution in [0.3, 0.4) is 0 Å². The Bertz CT molecular complexity index is 823. The lowest BCUT2D eigenvalue weighted by Crippen LogP contribution is -2.12. The molecule has 0 saturated carbocycles. The van der Waals surface area contributed by atoms with E-state index in [1.54, 1.807) is 18.2 Å². The van der Waals surface area contributed by atoms with Gasteiger partial charge in [0.15, 0.2) is 11.5 Å². The maximum atomic E-state index is 12.2. The molecule has 1 heterocycles. The van der Waals surface area contributed by atoms with E-state index in [0.29, 0.717) is 22.7 Å². The zero-order valence-corrected chi connectivity index (χ0v) is 11.6. The summed E-state index contributed by atoms with van der Waals surface area (Å²) in [4.78, 5) is 0.0826. The largest absolute Gasteiger partial charge is 0.454 e. The van der Waals surface area contributed by atoms with Crippen LogP contribution in [0.15, 0.2) is 47.4 Å². The van der Waals surface area contributed by atoms with Crippen LogP contribution in [0.4, 0.5) is 5.69 Å². The molecule has 0 fully saturated rings. The number of hydrogen-bond donors (Lipinski definition) is 1. The van der Waals surface area contributed by atoms with Crippen molar-refractivity contribution in [3.8, 4) is 17.6 Å². The van der Waals surface area contributed by atoms with E-state index in [-0.39, 0.29) is 11.7 Å². The minimum Gasteiger partial charge on any atom is -0.454 e. The number of hydrogen-bond acceptors (Lipinski definition) is 5. The Kier molecular flexibility index (Phi) is 3.16. The van der Waals surface area contributed by atoms with Crippen molar-refractivity contribution in [1.29, 1.82) is 5.26 Å². The molecule has 21 heavy (non-hydrogen) atoms. The average Bonchev–Trinajstić information content (AvgIpc) is 2.94. The molecule has 0 unspecified atom stereocenters. The first-order chi connectivity index (χ1) is 10.1. The van der Waals surface area contributed by atoms with Crippen molar-refractivity contribution in [2.45, 2.75) is 4.90 Å². The fourth-order valence-corrected chi connectivity index (χ4v) is 2.93. The molecule has 1 aliphatic rings. The predicted molar refractivity (Wildman–Crippen MR) is 74.5 cm³/mol. The van der Waals surface area contributed by atoms with Crippen molar-refractivity contribution in [3.05, 3.63) is 48.0 Å². The van der Waals surface area contributed by atoms with Crippen LogP contribution in [0, 0.1) is 11.3 Å². The Morgan fingerprint density at radius 1 is 1.05 bits per heavy atom. The van der Waals surface area contributed by atoms with E-state index >= 15 is 0 Å². The fourth-order valence-electron chi connectivity index (χ4n) is 1.88. The molecule has 0 atom stereocenters. The number of ether oxygens (including phenoxy) is 2. The first-order valence-electron chi connectivity index (χ1n) is 6.01. The van der Waals surface area contributed by atoms with Gasteiger partial charge in [-0.1, -0.05) is 0 Å².